The van der Waals surface area contributed by atoms with Crippen LogP contribution in [0.15, 0.2) is 29.1 Å². The normalized spacial score (nSPS) is 24.5. The average Bonchev–Trinajstić information content (AvgIpc) is 2.86. The molecule has 0 bridgehead atoms. The van der Waals surface area contributed by atoms with E-state index in [9.17, 15) is 9.90 Å². The van der Waals surface area contributed by atoms with Crippen molar-refractivity contribution < 1.29 is 5.11 Å². The largest absolute Gasteiger partial charge is 0.393 e. The zero-order valence-corrected chi connectivity index (χ0v) is 10.3. The molecule has 1 fully saturated rings. The summed E-state index contributed by atoms with van der Waals surface area (Å²) in [5, 5.41) is 10.3. The second-order valence-corrected chi connectivity index (χ2v) is 5.85. The van der Waals surface area contributed by atoms with Crippen LogP contribution in [0.3, 0.4) is 0 Å². The minimum atomic E-state index is -0.162. The lowest BCUT2D eigenvalue weighted by molar-refractivity contribution is 0.176. The lowest BCUT2D eigenvalue weighted by Gasteiger charge is -2.07. The Hall–Kier alpha value is -1.13. The summed E-state index contributed by atoms with van der Waals surface area (Å²) >= 11 is 1.53. The Morgan fingerprint density at radius 1 is 1.35 bits per heavy atom. The highest BCUT2D eigenvalue weighted by molar-refractivity contribution is 7.13. The van der Waals surface area contributed by atoms with Crippen molar-refractivity contribution in [1.29, 1.82) is 0 Å². The molecule has 0 saturated heterocycles. The first kappa shape index (κ1) is 11.0. The fourth-order valence-corrected chi connectivity index (χ4v) is 3.68. The van der Waals surface area contributed by atoms with Gasteiger partial charge in [-0.25, -0.2) is 0 Å². The fourth-order valence-electron chi connectivity index (χ4n) is 2.59. The number of hydrogen-bond acceptors (Lipinski definition) is 3. The summed E-state index contributed by atoms with van der Waals surface area (Å²) < 4.78 is 2.89. The SMILES string of the molecule is O=c1c2ccccc2sn1CC1CCC(O)C1. The molecule has 1 aliphatic rings. The van der Waals surface area contributed by atoms with E-state index in [2.05, 4.69) is 0 Å². The fraction of sp³-hybridized carbons (Fsp3) is 0.462. The van der Waals surface area contributed by atoms with Crippen molar-refractivity contribution in [1.82, 2.24) is 3.96 Å². The summed E-state index contributed by atoms with van der Waals surface area (Å²) in [6, 6.07) is 7.73. The summed E-state index contributed by atoms with van der Waals surface area (Å²) in [6.45, 7) is 0.759. The van der Waals surface area contributed by atoms with Gasteiger partial charge in [0.15, 0.2) is 0 Å². The van der Waals surface area contributed by atoms with Crippen LogP contribution in [0.4, 0.5) is 0 Å². The zero-order valence-electron chi connectivity index (χ0n) is 9.50. The van der Waals surface area contributed by atoms with Crippen LogP contribution in [-0.4, -0.2) is 15.2 Å². The van der Waals surface area contributed by atoms with Crippen LogP contribution in [0.1, 0.15) is 19.3 Å². The minimum absolute atomic E-state index is 0.118. The Kier molecular flexibility index (Phi) is 2.76. The van der Waals surface area contributed by atoms with E-state index >= 15 is 0 Å². The zero-order chi connectivity index (χ0) is 11.8. The van der Waals surface area contributed by atoms with Gasteiger partial charge in [0.2, 0.25) is 0 Å². The third-order valence-corrected chi connectivity index (χ3v) is 4.58. The first-order valence-electron chi connectivity index (χ1n) is 6.01. The summed E-state index contributed by atoms with van der Waals surface area (Å²) in [5.41, 5.74) is 0.118. The summed E-state index contributed by atoms with van der Waals surface area (Å²) in [6.07, 6.45) is 2.58. The molecule has 0 aliphatic heterocycles. The van der Waals surface area contributed by atoms with E-state index in [-0.39, 0.29) is 11.7 Å². The molecule has 1 N–H and O–H groups in total. The minimum Gasteiger partial charge on any atom is -0.393 e. The molecule has 3 rings (SSSR count). The van der Waals surface area contributed by atoms with Gasteiger partial charge in [-0.1, -0.05) is 23.7 Å². The molecule has 1 heterocycles. The highest BCUT2D eigenvalue weighted by atomic mass is 32.1. The van der Waals surface area contributed by atoms with E-state index < -0.39 is 0 Å². The second kappa shape index (κ2) is 4.27. The monoisotopic (exact) mass is 249 g/mol. The molecule has 2 atom stereocenters. The summed E-state index contributed by atoms with van der Waals surface area (Å²) in [7, 11) is 0. The molecule has 3 nitrogen and oxygen atoms in total. The van der Waals surface area contributed by atoms with E-state index in [0.717, 1.165) is 35.9 Å². The number of aromatic nitrogens is 1. The maximum atomic E-state index is 12.1. The maximum absolute atomic E-state index is 12.1. The Morgan fingerprint density at radius 2 is 2.18 bits per heavy atom. The number of nitrogens with zero attached hydrogens (tertiary/aromatic N) is 1. The van der Waals surface area contributed by atoms with E-state index in [1.165, 1.54) is 11.5 Å². The van der Waals surface area contributed by atoms with E-state index in [4.69, 9.17) is 0 Å². The van der Waals surface area contributed by atoms with Gasteiger partial charge >= 0.3 is 0 Å². The van der Waals surface area contributed by atoms with Gasteiger partial charge in [-0.2, -0.15) is 0 Å². The molecular formula is C13H15NO2S. The van der Waals surface area contributed by atoms with Gasteiger partial charge in [0, 0.05) is 6.54 Å². The lowest BCUT2D eigenvalue weighted by atomic mass is 10.1. The smallest absolute Gasteiger partial charge is 0.268 e. The predicted molar refractivity (Wildman–Crippen MR) is 69.4 cm³/mol. The van der Waals surface area contributed by atoms with Gasteiger partial charge < -0.3 is 5.11 Å². The van der Waals surface area contributed by atoms with Crippen LogP contribution in [0, 0.1) is 5.92 Å². The Bertz CT molecular complexity index is 586. The number of benzene rings is 1. The molecule has 0 spiro atoms. The third kappa shape index (κ3) is 2.03. The van der Waals surface area contributed by atoms with Crippen molar-refractivity contribution in [3.8, 4) is 0 Å². The number of aliphatic hydroxyl groups is 1. The number of aliphatic hydroxyl groups excluding tert-OH is 1. The van der Waals surface area contributed by atoms with Crippen LogP contribution >= 0.6 is 11.5 Å². The van der Waals surface area contributed by atoms with Crippen LogP contribution in [0.25, 0.3) is 10.1 Å². The van der Waals surface area contributed by atoms with Crippen molar-refractivity contribution in [3.05, 3.63) is 34.6 Å². The van der Waals surface area contributed by atoms with Gasteiger partial charge in [0.1, 0.15) is 0 Å². The van der Waals surface area contributed by atoms with Crippen LogP contribution in [-0.2, 0) is 6.54 Å². The van der Waals surface area contributed by atoms with Crippen molar-refractivity contribution in [3.63, 3.8) is 0 Å². The molecule has 4 heteroatoms. The molecule has 0 radical (unpaired) electrons. The molecule has 2 aromatic rings. The molecule has 2 unspecified atom stereocenters. The Labute approximate surface area is 103 Å². The topological polar surface area (TPSA) is 42.2 Å². The van der Waals surface area contributed by atoms with Gasteiger partial charge in [0.05, 0.1) is 16.2 Å². The van der Waals surface area contributed by atoms with Crippen molar-refractivity contribution in [2.75, 3.05) is 0 Å². The van der Waals surface area contributed by atoms with Gasteiger partial charge in [-0.15, -0.1) is 0 Å². The number of rotatable bonds is 2. The molecule has 90 valence electrons. The quantitative estimate of drug-likeness (QED) is 0.886. The second-order valence-electron chi connectivity index (χ2n) is 4.79. The first-order valence-corrected chi connectivity index (χ1v) is 6.78. The maximum Gasteiger partial charge on any atom is 0.268 e. The van der Waals surface area contributed by atoms with Crippen molar-refractivity contribution in [2.45, 2.75) is 31.9 Å². The molecule has 1 aromatic heterocycles. The highest BCUT2D eigenvalue weighted by Crippen LogP contribution is 2.27. The number of hydrogen-bond donors (Lipinski definition) is 1. The average molecular weight is 249 g/mol. The summed E-state index contributed by atoms with van der Waals surface area (Å²) in [4.78, 5) is 12.1. The van der Waals surface area contributed by atoms with Crippen LogP contribution in [0.5, 0.6) is 0 Å². The highest BCUT2D eigenvalue weighted by Gasteiger charge is 2.24. The molecule has 1 saturated carbocycles. The first-order chi connectivity index (χ1) is 8.24. The number of fused-ring (bicyclic) bond motifs is 1. The lowest BCUT2D eigenvalue weighted by Crippen LogP contribution is -2.17. The Morgan fingerprint density at radius 3 is 2.88 bits per heavy atom. The third-order valence-electron chi connectivity index (χ3n) is 3.49. The van der Waals surface area contributed by atoms with Gasteiger partial charge in [0.25, 0.3) is 5.56 Å². The van der Waals surface area contributed by atoms with Gasteiger partial charge in [-0.3, -0.25) is 8.75 Å². The molecule has 1 aromatic carbocycles. The van der Waals surface area contributed by atoms with Gasteiger partial charge in [-0.05, 0) is 37.3 Å². The molecule has 1 aliphatic carbocycles. The van der Waals surface area contributed by atoms with Crippen molar-refractivity contribution in [2.24, 2.45) is 5.92 Å². The van der Waals surface area contributed by atoms with Crippen LogP contribution in [0.2, 0.25) is 0 Å². The van der Waals surface area contributed by atoms with Crippen molar-refractivity contribution >= 4 is 21.6 Å². The molecule has 17 heavy (non-hydrogen) atoms. The van der Waals surface area contributed by atoms with Crippen LogP contribution < -0.4 is 5.56 Å². The predicted octanol–water partition coefficient (Wildman–Crippen LogP) is 2.22. The van der Waals surface area contributed by atoms with E-state index in [1.54, 1.807) is 0 Å². The molecule has 0 amide bonds. The Balaban J connectivity index is 1.90. The van der Waals surface area contributed by atoms with E-state index in [1.807, 2.05) is 28.2 Å². The standard InChI is InChI=1S/C13H15NO2S/c15-10-6-5-9(7-10)8-14-13(16)11-3-1-2-4-12(11)17-14/h1-4,9-10,15H,5-8H2. The van der Waals surface area contributed by atoms with E-state index in [0.29, 0.717) is 5.92 Å². The summed E-state index contributed by atoms with van der Waals surface area (Å²) in [5.74, 6) is 0.454. The molecular weight excluding hydrogens is 234 g/mol.